The van der Waals surface area contributed by atoms with Gasteiger partial charge in [-0.1, -0.05) is 6.92 Å². The third kappa shape index (κ3) is 5.20. The number of benzene rings is 1. The molecule has 2 saturated heterocycles. The highest BCUT2D eigenvalue weighted by molar-refractivity contribution is 5.96. The molecule has 1 aromatic rings. The third-order valence-electron chi connectivity index (χ3n) is 5.91. The lowest BCUT2D eigenvalue weighted by Crippen LogP contribution is -2.46. The van der Waals surface area contributed by atoms with Crippen molar-refractivity contribution < 1.29 is 19.2 Å². The number of ether oxygens (including phenoxy) is 1. The highest BCUT2D eigenvalue weighted by atomic mass is 16.6. The van der Waals surface area contributed by atoms with Crippen molar-refractivity contribution in [1.82, 2.24) is 10.2 Å². The van der Waals surface area contributed by atoms with Gasteiger partial charge in [0.05, 0.1) is 11.5 Å². The summed E-state index contributed by atoms with van der Waals surface area (Å²) >= 11 is 0. The van der Waals surface area contributed by atoms with E-state index in [2.05, 4.69) is 12.2 Å². The highest BCUT2D eigenvalue weighted by Crippen LogP contribution is 2.32. The van der Waals surface area contributed by atoms with Crippen LogP contribution in [0.4, 0.5) is 16.2 Å². The zero-order valence-corrected chi connectivity index (χ0v) is 17.6. The number of rotatable bonds is 5. The van der Waals surface area contributed by atoms with Gasteiger partial charge in [0.25, 0.3) is 11.6 Å². The third-order valence-corrected chi connectivity index (χ3v) is 5.91. The molecule has 1 N–H and O–H groups in total. The molecule has 0 saturated carbocycles. The number of nitro benzene ring substituents is 1. The largest absolute Gasteiger partial charge is 0.450 e. The lowest BCUT2D eigenvalue weighted by atomic mass is 9.98. The molecule has 0 radical (unpaired) electrons. The van der Waals surface area contributed by atoms with Crippen molar-refractivity contribution in [2.24, 2.45) is 5.92 Å². The van der Waals surface area contributed by atoms with Crippen LogP contribution < -0.4 is 10.2 Å². The summed E-state index contributed by atoms with van der Waals surface area (Å²) in [4.78, 5) is 39.4. The summed E-state index contributed by atoms with van der Waals surface area (Å²) in [6.07, 6.45) is 2.92. The number of carbonyl (C=O) groups excluding carboxylic acids is 2. The highest BCUT2D eigenvalue weighted by Gasteiger charge is 2.27. The SMILES string of the molecule is CCOC(=O)N1CCC(NC(=O)c2ccc(N3CCC(C)CC3)c([N+](=O)[O-])c2)CC1. The van der Waals surface area contributed by atoms with Gasteiger partial charge in [0, 0.05) is 43.9 Å². The first-order valence-corrected chi connectivity index (χ1v) is 10.6. The Bertz CT molecular complexity index is 784. The maximum atomic E-state index is 12.7. The van der Waals surface area contributed by atoms with E-state index < -0.39 is 4.92 Å². The van der Waals surface area contributed by atoms with Crippen LogP contribution in [0, 0.1) is 16.0 Å². The minimum Gasteiger partial charge on any atom is -0.450 e. The molecular formula is C21H30N4O5. The molecule has 3 rings (SSSR count). The van der Waals surface area contributed by atoms with Gasteiger partial charge in [0.15, 0.2) is 0 Å². The fourth-order valence-corrected chi connectivity index (χ4v) is 4.02. The lowest BCUT2D eigenvalue weighted by Gasteiger charge is -2.32. The van der Waals surface area contributed by atoms with Crippen molar-refractivity contribution >= 4 is 23.4 Å². The summed E-state index contributed by atoms with van der Waals surface area (Å²) in [5, 5.41) is 14.6. The first kappa shape index (κ1) is 21.9. The number of likely N-dealkylation sites (tertiary alicyclic amines) is 1. The second-order valence-electron chi connectivity index (χ2n) is 8.06. The molecule has 0 aliphatic carbocycles. The molecule has 2 amide bonds. The van der Waals surface area contributed by atoms with Crippen molar-refractivity contribution in [3.05, 3.63) is 33.9 Å². The van der Waals surface area contributed by atoms with Gasteiger partial charge in [-0.2, -0.15) is 0 Å². The molecule has 0 atom stereocenters. The van der Waals surface area contributed by atoms with E-state index in [4.69, 9.17) is 4.74 Å². The molecule has 0 aromatic heterocycles. The molecular weight excluding hydrogens is 388 g/mol. The molecule has 30 heavy (non-hydrogen) atoms. The van der Waals surface area contributed by atoms with Crippen LogP contribution in [0.25, 0.3) is 0 Å². The molecule has 0 spiro atoms. The number of nitrogens with one attached hydrogen (secondary N) is 1. The smallest absolute Gasteiger partial charge is 0.409 e. The Morgan fingerprint density at radius 3 is 2.43 bits per heavy atom. The maximum absolute atomic E-state index is 12.7. The summed E-state index contributed by atoms with van der Waals surface area (Å²) < 4.78 is 5.00. The molecule has 164 valence electrons. The molecule has 2 fully saturated rings. The molecule has 1 aromatic carbocycles. The zero-order valence-electron chi connectivity index (χ0n) is 17.6. The number of nitrogens with zero attached hydrogens (tertiary/aromatic N) is 3. The van der Waals surface area contributed by atoms with Crippen LogP contribution in [0.15, 0.2) is 18.2 Å². The summed E-state index contributed by atoms with van der Waals surface area (Å²) in [7, 11) is 0. The Balaban J connectivity index is 1.63. The number of hydrogen-bond donors (Lipinski definition) is 1. The van der Waals surface area contributed by atoms with E-state index in [0.29, 0.717) is 44.1 Å². The zero-order chi connectivity index (χ0) is 21.7. The summed E-state index contributed by atoms with van der Waals surface area (Å²) in [6, 6.07) is 4.64. The average Bonchev–Trinajstić information content (AvgIpc) is 2.74. The molecule has 0 unspecified atom stereocenters. The maximum Gasteiger partial charge on any atom is 0.409 e. The van der Waals surface area contributed by atoms with Gasteiger partial charge in [-0.15, -0.1) is 0 Å². The van der Waals surface area contributed by atoms with Crippen LogP contribution in [-0.2, 0) is 4.74 Å². The van der Waals surface area contributed by atoms with E-state index in [1.165, 1.54) is 6.07 Å². The van der Waals surface area contributed by atoms with Gasteiger partial charge in [-0.25, -0.2) is 4.79 Å². The van der Waals surface area contributed by atoms with Gasteiger partial charge in [0.1, 0.15) is 5.69 Å². The minimum atomic E-state index is -0.415. The van der Waals surface area contributed by atoms with Crippen molar-refractivity contribution in [2.75, 3.05) is 37.7 Å². The minimum absolute atomic E-state index is 0.0330. The van der Waals surface area contributed by atoms with E-state index in [9.17, 15) is 19.7 Å². The average molecular weight is 418 g/mol. The Labute approximate surface area is 176 Å². The second-order valence-corrected chi connectivity index (χ2v) is 8.06. The number of amides is 2. The van der Waals surface area contributed by atoms with E-state index in [1.54, 1.807) is 24.0 Å². The quantitative estimate of drug-likeness (QED) is 0.582. The van der Waals surface area contributed by atoms with Crippen molar-refractivity contribution in [2.45, 2.75) is 45.6 Å². The summed E-state index contributed by atoms with van der Waals surface area (Å²) in [6.45, 7) is 6.88. The van der Waals surface area contributed by atoms with E-state index in [-0.39, 0.29) is 29.3 Å². The van der Waals surface area contributed by atoms with Crippen molar-refractivity contribution in [1.29, 1.82) is 0 Å². The molecule has 9 heteroatoms. The van der Waals surface area contributed by atoms with Crippen LogP contribution >= 0.6 is 0 Å². The number of carbonyl (C=O) groups is 2. The number of piperidine rings is 2. The molecule has 9 nitrogen and oxygen atoms in total. The first-order chi connectivity index (χ1) is 14.4. The van der Waals surface area contributed by atoms with Gasteiger partial charge < -0.3 is 19.9 Å². The van der Waals surface area contributed by atoms with Crippen LogP contribution in [0.3, 0.4) is 0 Å². The predicted octanol–water partition coefficient (Wildman–Crippen LogP) is 3.18. The van der Waals surface area contributed by atoms with Crippen molar-refractivity contribution in [3.8, 4) is 0 Å². The van der Waals surface area contributed by atoms with Gasteiger partial charge in [0.2, 0.25) is 0 Å². The van der Waals surface area contributed by atoms with Gasteiger partial charge in [-0.05, 0) is 50.7 Å². The van der Waals surface area contributed by atoms with Gasteiger partial charge >= 0.3 is 6.09 Å². The lowest BCUT2D eigenvalue weighted by molar-refractivity contribution is -0.384. The summed E-state index contributed by atoms with van der Waals surface area (Å²) in [5.41, 5.74) is 0.823. The number of nitro groups is 1. The van der Waals surface area contributed by atoms with E-state index in [1.807, 2.05) is 4.90 Å². The predicted molar refractivity (Wildman–Crippen MR) is 113 cm³/mol. The number of anilines is 1. The van der Waals surface area contributed by atoms with E-state index in [0.717, 1.165) is 25.9 Å². The Kier molecular flexibility index (Phi) is 7.12. The van der Waals surface area contributed by atoms with Crippen LogP contribution in [0.2, 0.25) is 0 Å². The molecule has 2 aliphatic rings. The number of hydrogen-bond acceptors (Lipinski definition) is 6. The topological polar surface area (TPSA) is 105 Å². The standard InChI is InChI=1S/C21H30N4O5/c1-3-30-21(27)24-12-8-17(9-13-24)22-20(26)16-4-5-18(19(14-16)25(28)29)23-10-6-15(2)7-11-23/h4-5,14-15,17H,3,6-13H2,1-2H3,(H,22,26). The Morgan fingerprint density at radius 2 is 1.83 bits per heavy atom. The molecule has 2 aliphatic heterocycles. The van der Waals surface area contributed by atoms with E-state index >= 15 is 0 Å². The Hall–Kier alpha value is -2.84. The van der Waals surface area contributed by atoms with Crippen LogP contribution in [0.1, 0.15) is 49.9 Å². The van der Waals surface area contributed by atoms with Crippen molar-refractivity contribution in [3.63, 3.8) is 0 Å². The van der Waals surface area contributed by atoms with Gasteiger partial charge in [-0.3, -0.25) is 14.9 Å². The fraction of sp³-hybridized carbons (Fsp3) is 0.619. The van der Waals surface area contributed by atoms with Crippen LogP contribution in [-0.4, -0.2) is 60.7 Å². The molecule has 2 heterocycles. The second kappa shape index (κ2) is 9.77. The molecule has 0 bridgehead atoms. The normalized spacial score (nSPS) is 18.2. The van der Waals surface area contributed by atoms with Crippen LogP contribution in [0.5, 0.6) is 0 Å². The fourth-order valence-electron chi connectivity index (χ4n) is 4.02. The summed E-state index contributed by atoms with van der Waals surface area (Å²) in [5.74, 6) is 0.298. The monoisotopic (exact) mass is 418 g/mol. The Morgan fingerprint density at radius 1 is 1.17 bits per heavy atom. The first-order valence-electron chi connectivity index (χ1n) is 10.6.